The van der Waals surface area contributed by atoms with Crippen molar-refractivity contribution >= 4 is 29.5 Å². The standard InChI is InChI=1S/C36H66N2O8/c1-36(2,3)31(39)26-28-46-29-27-37(4)32(40)25-24-30(35(44)45)38(5)33(41)22-20-18-16-14-12-10-8-6-7-9-11-13-15-17-19-21-23-34(42)43/h30H,6-29H2,1-5H3,(H,42,43)(H,44,45). The second-order valence-corrected chi connectivity index (χ2v) is 13.8. The number of aliphatic carboxylic acids is 2. The number of carbonyl (C=O) groups excluding carboxylic acids is 3. The topological polar surface area (TPSA) is 142 Å². The van der Waals surface area contributed by atoms with E-state index in [1.54, 1.807) is 7.05 Å². The van der Waals surface area contributed by atoms with Crippen LogP contribution in [0.1, 0.15) is 156 Å². The van der Waals surface area contributed by atoms with E-state index in [0.29, 0.717) is 39.0 Å². The third-order valence-corrected chi connectivity index (χ3v) is 8.62. The van der Waals surface area contributed by atoms with Crippen molar-refractivity contribution in [3.8, 4) is 0 Å². The monoisotopic (exact) mass is 654 g/mol. The van der Waals surface area contributed by atoms with E-state index in [1.807, 2.05) is 20.8 Å². The average Bonchev–Trinajstić information content (AvgIpc) is 2.98. The molecule has 0 fully saturated rings. The predicted molar refractivity (Wildman–Crippen MR) is 182 cm³/mol. The van der Waals surface area contributed by atoms with Gasteiger partial charge in [0.05, 0.1) is 13.2 Å². The largest absolute Gasteiger partial charge is 0.481 e. The van der Waals surface area contributed by atoms with Crippen LogP contribution in [0.15, 0.2) is 0 Å². The molecule has 0 aliphatic rings. The molecule has 0 saturated carbocycles. The number of hydrogen-bond acceptors (Lipinski definition) is 6. The third-order valence-electron chi connectivity index (χ3n) is 8.62. The molecule has 1 atom stereocenters. The molecular weight excluding hydrogens is 588 g/mol. The molecule has 0 heterocycles. The van der Waals surface area contributed by atoms with E-state index in [1.165, 1.54) is 74.6 Å². The second-order valence-electron chi connectivity index (χ2n) is 13.8. The Labute approximate surface area is 279 Å². The first-order valence-corrected chi connectivity index (χ1v) is 17.8. The molecular formula is C36H66N2O8. The molecule has 46 heavy (non-hydrogen) atoms. The van der Waals surface area contributed by atoms with Crippen molar-refractivity contribution in [2.24, 2.45) is 5.41 Å². The molecule has 0 bridgehead atoms. The number of amides is 2. The molecule has 0 aromatic rings. The van der Waals surface area contributed by atoms with Crippen LogP contribution in [-0.2, 0) is 28.7 Å². The molecule has 0 aliphatic carbocycles. The van der Waals surface area contributed by atoms with Gasteiger partial charge in [0, 0.05) is 51.7 Å². The van der Waals surface area contributed by atoms with Gasteiger partial charge in [0.2, 0.25) is 11.8 Å². The third kappa shape index (κ3) is 23.8. The number of carboxylic acid groups (broad SMARTS) is 2. The summed E-state index contributed by atoms with van der Waals surface area (Å²) in [4.78, 5) is 62.3. The smallest absolute Gasteiger partial charge is 0.326 e. The highest BCUT2D eigenvalue weighted by molar-refractivity contribution is 5.84. The number of unbranched alkanes of at least 4 members (excludes halogenated alkanes) is 15. The minimum absolute atomic E-state index is 0.0190. The molecule has 268 valence electrons. The zero-order valence-electron chi connectivity index (χ0n) is 29.8. The van der Waals surface area contributed by atoms with Crippen LogP contribution < -0.4 is 0 Å². The quantitative estimate of drug-likeness (QED) is 0.0771. The number of hydrogen-bond donors (Lipinski definition) is 2. The van der Waals surface area contributed by atoms with E-state index in [0.717, 1.165) is 44.9 Å². The maximum atomic E-state index is 12.7. The maximum absolute atomic E-state index is 12.7. The molecule has 1 unspecified atom stereocenters. The summed E-state index contributed by atoms with van der Waals surface area (Å²) in [6.07, 6.45) is 19.2. The molecule has 0 aromatic carbocycles. The van der Waals surface area contributed by atoms with E-state index in [9.17, 15) is 29.1 Å². The van der Waals surface area contributed by atoms with Gasteiger partial charge < -0.3 is 24.7 Å². The first-order valence-electron chi connectivity index (χ1n) is 17.8. The Morgan fingerprint density at radius 1 is 0.587 bits per heavy atom. The van der Waals surface area contributed by atoms with Gasteiger partial charge in [-0.1, -0.05) is 111 Å². The Morgan fingerprint density at radius 3 is 1.43 bits per heavy atom. The summed E-state index contributed by atoms with van der Waals surface area (Å²) in [6, 6.07) is -1.04. The molecule has 0 aliphatic heterocycles. The lowest BCUT2D eigenvalue weighted by molar-refractivity contribution is -0.149. The summed E-state index contributed by atoms with van der Waals surface area (Å²) in [6.45, 7) is 6.54. The van der Waals surface area contributed by atoms with Gasteiger partial charge >= 0.3 is 11.9 Å². The minimum Gasteiger partial charge on any atom is -0.481 e. The van der Waals surface area contributed by atoms with Crippen molar-refractivity contribution in [2.45, 2.75) is 162 Å². The van der Waals surface area contributed by atoms with Gasteiger partial charge in [0.1, 0.15) is 11.8 Å². The fraction of sp³-hybridized carbons (Fsp3) is 0.861. The highest BCUT2D eigenvalue weighted by atomic mass is 16.5. The summed E-state index contributed by atoms with van der Waals surface area (Å²) in [5.74, 6) is -2.10. The highest BCUT2D eigenvalue weighted by Gasteiger charge is 2.27. The second kappa shape index (κ2) is 26.6. The first-order chi connectivity index (χ1) is 21.8. The van der Waals surface area contributed by atoms with Gasteiger partial charge in [0.25, 0.3) is 0 Å². The molecule has 0 rings (SSSR count). The van der Waals surface area contributed by atoms with Gasteiger partial charge in [-0.3, -0.25) is 19.2 Å². The number of ether oxygens (including phenoxy) is 1. The summed E-state index contributed by atoms with van der Waals surface area (Å²) in [5.41, 5.74) is -0.401. The molecule has 0 aromatic heterocycles. The predicted octanol–water partition coefficient (Wildman–Crippen LogP) is 7.26. The number of carboxylic acids is 2. The number of nitrogens with zero attached hydrogens (tertiary/aromatic N) is 2. The van der Waals surface area contributed by atoms with Crippen LogP contribution in [-0.4, -0.2) is 89.4 Å². The molecule has 0 spiro atoms. The zero-order chi connectivity index (χ0) is 34.8. The lowest BCUT2D eigenvalue weighted by Gasteiger charge is -2.26. The highest BCUT2D eigenvalue weighted by Crippen LogP contribution is 2.17. The van der Waals surface area contributed by atoms with Crippen molar-refractivity contribution in [1.29, 1.82) is 0 Å². The van der Waals surface area contributed by atoms with Crippen LogP contribution in [0.4, 0.5) is 0 Å². The summed E-state index contributed by atoms with van der Waals surface area (Å²) in [7, 11) is 3.14. The Balaban J connectivity index is 3.92. The fourth-order valence-corrected chi connectivity index (χ4v) is 5.28. The minimum atomic E-state index is -1.11. The van der Waals surface area contributed by atoms with Crippen LogP contribution in [0, 0.1) is 5.41 Å². The number of ketones is 1. The Morgan fingerprint density at radius 2 is 1.02 bits per heavy atom. The van der Waals surface area contributed by atoms with E-state index in [-0.39, 0.29) is 30.4 Å². The summed E-state index contributed by atoms with van der Waals surface area (Å²) < 4.78 is 5.50. The van der Waals surface area contributed by atoms with Gasteiger partial charge in [0.15, 0.2) is 0 Å². The number of likely N-dealkylation sites (N-methyl/N-ethyl adjacent to an activating group) is 2. The number of Topliss-reactive ketones (excluding diaryl/α,β-unsaturated/α-hetero) is 1. The first kappa shape index (κ1) is 43.5. The van der Waals surface area contributed by atoms with Crippen molar-refractivity contribution in [3.05, 3.63) is 0 Å². The SMILES string of the molecule is CN(CCOCCC(=O)C(C)(C)C)C(=O)CCC(C(=O)O)N(C)C(=O)CCCCCCCCCCCCCCCCCCC(=O)O. The number of carbonyl (C=O) groups is 5. The Hall–Kier alpha value is -2.49. The van der Waals surface area contributed by atoms with Crippen LogP contribution in [0.3, 0.4) is 0 Å². The lowest BCUT2D eigenvalue weighted by atomic mass is 9.89. The van der Waals surface area contributed by atoms with Gasteiger partial charge in [-0.25, -0.2) is 4.79 Å². The van der Waals surface area contributed by atoms with Gasteiger partial charge in [-0.05, 0) is 19.3 Å². The zero-order valence-corrected chi connectivity index (χ0v) is 29.8. The van der Waals surface area contributed by atoms with Crippen molar-refractivity contribution < 1.29 is 38.9 Å². The Bertz CT molecular complexity index is 871. The van der Waals surface area contributed by atoms with E-state index >= 15 is 0 Å². The molecule has 2 amide bonds. The maximum Gasteiger partial charge on any atom is 0.326 e. The molecule has 2 N–H and O–H groups in total. The van der Waals surface area contributed by atoms with E-state index in [2.05, 4.69) is 0 Å². The van der Waals surface area contributed by atoms with Crippen molar-refractivity contribution in [3.63, 3.8) is 0 Å². The average molecular weight is 655 g/mol. The molecule has 10 nitrogen and oxygen atoms in total. The van der Waals surface area contributed by atoms with E-state index < -0.39 is 23.4 Å². The lowest BCUT2D eigenvalue weighted by Crippen LogP contribution is -2.43. The van der Waals surface area contributed by atoms with Gasteiger partial charge in [-0.15, -0.1) is 0 Å². The van der Waals surface area contributed by atoms with Crippen LogP contribution >= 0.6 is 0 Å². The fourth-order valence-electron chi connectivity index (χ4n) is 5.28. The van der Waals surface area contributed by atoms with Crippen LogP contribution in [0.5, 0.6) is 0 Å². The van der Waals surface area contributed by atoms with Crippen molar-refractivity contribution in [1.82, 2.24) is 9.80 Å². The molecule has 0 saturated heterocycles. The molecule has 0 radical (unpaired) electrons. The molecule has 10 heteroatoms. The number of rotatable bonds is 30. The van der Waals surface area contributed by atoms with Crippen LogP contribution in [0.25, 0.3) is 0 Å². The van der Waals surface area contributed by atoms with Gasteiger partial charge in [-0.2, -0.15) is 0 Å². The van der Waals surface area contributed by atoms with Crippen LogP contribution in [0.2, 0.25) is 0 Å². The summed E-state index contributed by atoms with van der Waals surface area (Å²) in [5, 5.41) is 18.3. The summed E-state index contributed by atoms with van der Waals surface area (Å²) >= 11 is 0. The van der Waals surface area contributed by atoms with E-state index in [4.69, 9.17) is 9.84 Å². The van der Waals surface area contributed by atoms with Crippen molar-refractivity contribution in [2.75, 3.05) is 33.9 Å². The normalized spacial score (nSPS) is 12.1. The Kier molecular flexibility index (Phi) is 25.1.